The lowest BCUT2D eigenvalue weighted by atomic mass is 10.4. The molecule has 0 aliphatic carbocycles. The van der Waals surface area contributed by atoms with Gasteiger partial charge in [0, 0.05) is 5.02 Å². The maximum Gasteiger partial charge on any atom is 0.324 e. The molecule has 0 atom stereocenters. The number of rotatable bonds is 1. The molecule has 3 nitrogen and oxygen atoms in total. The van der Waals surface area contributed by atoms with E-state index >= 15 is 0 Å². The van der Waals surface area contributed by atoms with E-state index in [0.29, 0.717) is 5.02 Å². The normalized spacial score (nSPS) is 11.5. The van der Waals surface area contributed by atoms with Gasteiger partial charge in [-0.2, -0.15) is 8.42 Å². The molecule has 0 unspecified atom stereocenters. The van der Waals surface area contributed by atoms with Crippen LogP contribution in [0.3, 0.4) is 0 Å². The van der Waals surface area contributed by atoms with Crippen LogP contribution < -0.4 is 0 Å². The van der Waals surface area contributed by atoms with E-state index in [4.69, 9.17) is 11.6 Å². The van der Waals surface area contributed by atoms with Gasteiger partial charge in [0.05, 0.1) is 4.90 Å². The summed E-state index contributed by atoms with van der Waals surface area (Å²) in [7, 11) is -4.33. The van der Waals surface area contributed by atoms with Crippen molar-refractivity contribution in [3.05, 3.63) is 29.3 Å². The number of halogens is 1. The van der Waals surface area contributed by atoms with Gasteiger partial charge in [-0.3, -0.25) is 0 Å². The first-order valence-corrected chi connectivity index (χ1v) is 4.50. The number of hydrogen-bond acceptors (Lipinski definition) is 2. The fourth-order valence-corrected chi connectivity index (χ4v) is 1.20. The van der Waals surface area contributed by atoms with Crippen molar-refractivity contribution >= 4 is 21.7 Å². The smallest absolute Gasteiger partial charge is 0.192 e. The van der Waals surface area contributed by atoms with Crippen molar-refractivity contribution in [2.24, 2.45) is 0 Å². The van der Waals surface area contributed by atoms with Crippen LogP contribution in [0.4, 0.5) is 0 Å². The molecule has 0 fully saturated rings. The molecule has 0 aromatic heterocycles. The molecule has 0 aliphatic heterocycles. The van der Waals surface area contributed by atoms with E-state index in [0.717, 1.165) is 0 Å². The summed E-state index contributed by atoms with van der Waals surface area (Å²) in [6, 6.07) is 5.05. The van der Waals surface area contributed by atoms with Gasteiger partial charge in [0.15, 0.2) is 0 Å². The Labute approximate surface area is 69.4 Å². The summed E-state index contributed by atoms with van der Waals surface area (Å²) in [4.78, 5) is -0.262. The van der Waals surface area contributed by atoms with Gasteiger partial charge in [-0.25, -0.2) is 0 Å². The summed E-state index contributed by atoms with van der Waals surface area (Å²) in [5, 5.41) is 0.400. The first-order chi connectivity index (χ1) is 5.00. The van der Waals surface area contributed by atoms with E-state index in [1.165, 1.54) is 24.3 Å². The molecule has 1 radical (unpaired) electrons. The second-order valence-electron chi connectivity index (χ2n) is 1.91. The maximum atomic E-state index is 10.3. The van der Waals surface area contributed by atoms with Crippen LogP contribution in [0.2, 0.25) is 5.02 Å². The van der Waals surface area contributed by atoms with Crippen LogP contribution in [0.5, 0.6) is 0 Å². The zero-order chi connectivity index (χ0) is 8.48. The van der Waals surface area contributed by atoms with Gasteiger partial charge in [0.1, 0.15) is 0 Å². The summed E-state index contributed by atoms with van der Waals surface area (Å²) in [6.45, 7) is 0. The molecule has 0 amide bonds. The monoisotopic (exact) mass is 191 g/mol. The van der Waals surface area contributed by atoms with E-state index in [9.17, 15) is 13.0 Å². The van der Waals surface area contributed by atoms with E-state index in [1.807, 2.05) is 0 Å². The van der Waals surface area contributed by atoms with Gasteiger partial charge >= 0.3 is 10.1 Å². The van der Waals surface area contributed by atoms with Crippen molar-refractivity contribution in [2.45, 2.75) is 4.90 Å². The van der Waals surface area contributed by atoms with Gasteiger partial charge in [0.25, 0.3) is 0 Å². The van der Waals surface area contributed by atoms with Gasteiger partial charge < -0.3 is 0 Å². The van der Waals surface area contributed by atoms with Crippen LogP contribution in [0.1, 0.15) is 0 Å². The third-order valence-electron chi connectivity index (χ3n) is 1.10. The molecular weight excluding hydrogens is 188 g/mol. The fourth-order valence-electron chi connectivity index (χ4n) is 0.601. The zero-order valence-electron chi connectivity index (χ0n) is 5.32. The highest BCUT2D eigenvalue weighted by molar-refractivity contribution is 7.85. The molecule has 5 heteroatoms. The second kappa shape index (κ2) is 2.81. The Morgan fingerprint density at radius 2 is 1.55 bits per heavy atom. The topological polar surface area (TPSA) is 54.0 Å². The number of hydrogen-bond donors (Lipinski definition) is 0. The highest BCUT2D eigenvalue weighted by Gasteiger charge is 2.09. The molecule has 0 saturated carbocycles. The minimum Gasteiger partial charge on any atom is -0.192 e. The van der Waals surface area contributed by atoms with Crippen LogP contribution >= 0.6 is 11.6 Å². The van der Waals surface area contributed by atoms with Gasteiger partial charge in [-0.1, -0.05) is 16.2 Å². The molecule has 1 aromatic rings. The molecule has 0 N–H and O–H groups in total. The molecule has 1 rings (SSSR count). The van der Waals surface area contributed by atoms with Crippen molar-refractivity contribution in [1.29, 1.82) is 0 Å². The fraction of sp³-hybridized carbons (Fsp3) is 0. The first kappa shape index (κ1) is 8.52. The quantitative estimate of drug-likeness (QED) is 0.675. The Balaban J connectivity index is 3.20. The molecule has 0 aliphatic rings. The van der Waals surface area contributed by atoms with Crippen molar-refractivity contribution in [3.8, 4) is 0 Å². The third-order valence-corrected chi connectivity index (χ3v) is 2.20. The van der Waals surface area contributed by atoms with E-state index < -0.39 is 10.1 Å². The van der Waals surface area contributed by atoms with Gasteiger partial charge in [-0.15, -0.1) is 0 Å². The summed E-state index contributed by atoms with van der Waals surface area (Å²) >= 11 is 5.46. The molecule has 0 heterocycles. The largest absolute Gasteiger partial charge is 0.324 e. The Morgan fingerprint density at radius 1 is 1.09 bits per heavy atom. The predicted molar refractivity (Wildman–Crippen MR) is 39.3 cm³/mol. The van der Waals surface area contributed by atoms with Crippen LogP contribution in [0.25, 0.3) is 0 Å². The lowest BCUT2D eigenvalue weighted by Crippen LogP contribution is -1.94. The molecule has 11 heavy (non-hydrogen) atoms. The van der Waals surface area contributed by atoms with Crippen LogP contribution in [-0.2, 0) is 14.7 Å². The van der Waals surface area contributed by atoms with Gasteiger partial charge in [-0.05, 0) is 24.3 Å². The second-order valence-corrected chi connectivity index (χ2v) is 3.72. The lowest BCUT2D eigenvalue weighted by Gasteiger charge is -1.92. The van der Waals surface area contributed by atoms with E-state index in [2.05, 4.69) is 0 Å². The van der Waals surface area contributed by atoms with Gasteiger partial charge in [0.2, 0.25) is 0 Å². The Kier molecular flexibility index (Phi) is 2.17. The first-order valence-electron chi connectivity index (χ1n) is 2.71. The average molecular weight is 192 g/mol. The average Bonchev–Trinajstić information content (AvgIpc) is 1.86. The molecule has 1 aromatic carbocycles. The summed E-state index contributed by atoms with van der Waals surface area (Å²) in [5.74, 6) is 0. The van der Waals surface area contributed by atoms with Crippen molar-refractivity contribution in [1.82, 2.24) is 0 Å². The van der Waals surface area contributed by atoms with Crippen LogP contribution in [-0.4, -0.2) is 8.42 Å². The Morgan fingerprint density at radius 3 is 1.91 bits per heavy atom. The zero-order valence-corrected chi connectivity index (χ0v) is 6.89. The van der Waals surface area contributed by atoms with Crippen LogP contribution in [0, 0.1) is 0 Å². The van der Waals surface area contributed by atoms with Crippen molar-refractivity contribution in [2.75, 3.05) is 0 Å². The Bertz CT molecular complexity index is 341. The SMILES string of the molecule is [O]S(=O)(=O)c1ccc(Cl)cc1. The predicted octanol–water partition coefficient (Wildman–Crippen LogP) is 1.46. The third kappa shape index (κ3) is 2.18. The molecule has 0 saturated heterocycles. The standard InChI is InChI=1S/C6H4ClO3S/c7-5-1-3-6(4-2-5)11(8,9)10/h1-4H. The maximum absolute atomic E-state index is 10.3. The summed E-state index contributed by atoms with van der Waals surface area (Å²) < 4.78 is 31.0. The van der Waals surface area contributed by atoms with Crippen molar-refractivity contribution < 1.29 is 13.0 Å². The highest BCUT2D eigenvalue weighted by atomic mass is 35.5. The Hall–Kier alpha value is -0.580. The van der Waals surface area contributed by atoms with E-state index in [1.54, 1.807) is 0 Å². The lowest BCUT2D eigenvalue weighted by molar-refractivity contribution is 0.414. The summed E-state index contributed by atoms with van der Waals surface area (Å²) in [5.41, 5.74) is 0. The van der Waals surface area contributed by atoms with E-state index in [-0.39, 0.29) is 4.90 Å². The minimum atomic E-state index is -4.33. The summed E-state index contributed by atoms with van der Waals surface area (Å²) in [6.07, 6.45) is 0. The van der Waals surface area contributed by atoms with Crippen LogP contribution in [0.15, 0.2) is 29.2 Å². The molecule has 59 valence electrons. The minimum absolute atomic E-state index is 0.262. The van der Waals surface area contributed by atoms with Crippen molar-refractivity contribution in [3.63, 3.8) is 0 Å². The molecule has 0 bridgehead atoms. The number of benzene rings is 1. The highest BCUT2D eigenvalue weighted by Crippen LogP contribution is 2.13. The molecular formula is C6H4ClO3S. The molecule has 0 spiro atoms.